The van der Waals surface area contributed by atoms with Gasteiger partial charge >= 0.3 is 0 Å². The molecule has 8 nitrogen and oxygen atoms in total. The summed E-state index contributed by atoms with van der Waals surface area (Å²) in [5, 5.41) is 8.63. The maximum atomic E-state index is 5.57. The molecule has 0 aliphatic carbocycles. The molecule has 0 saturated carbocycles. The molecule has 3 aromatic rings. The fourth-order valence-corrected chi connectivity index (χ4v) is 3.44. The summed E-state index contributed by atoms with van der Waals surface area (Å²) in [6.45, 7) is 0.734. The van der Waals surface area contributed by atoms with Gasteiger partial charge in [0.05, 0.1) is 23.0 Å². The molecular weight excluding hydrogens is 326 g/mol. The number of methoxy groups -OCH3 is 1. The third-order valence-electron chi connectivity index (χ3n) is 4.27. The summed E-state index contributed by atoms with van der Waals surface area (Å²) in [6, 6.07) is 1.95. The number of ether oxygens (including phenoxy) is 1. The quantitative estimate of drug-likeness (QED) is 0.566. The minimum absolute atomic E-state index is 0.0378. The van der Waals surface area contributed by atoms with Gasteiger partial charge in [-0.1, -0.05) is 11.8 Å². The second-order valence-corrected chi connectivity index (χ2v) is 6.33. The van der Waals surface area contributed by atoms with Crippen molar-refractivity contribution in [3.63, 3.8) is 0 Å². The summed E-state index contributed by atoms with van der Waals surface area (Å²) in [6.07, 6.45) is 8.06. The SMILES string of the molecule is CO[C@@H]1C[C@@H](c2ncn[nH]2)N(c2nccc3nc(SC)ncc23)C1. The molecule has 1 aliphatic rings. The Hall–Kier alpha value is -2.26. The molecule has 9 heteroatoms. The monoisotopic (exact) mass is 343 g/mol. The predicted molar refractivity (Wildman–Crippen MR) is 91.0 cm³/mol. The Labute approximate surface area is 143 Å². The number of nitrogens with zero attached hydrogens (tertiary/aromatic N) is 6. The molecule has 0 amide bonds. The number of thioether (sulfide) groups is 1. The zero-order valence-corrected chi connectivity index (χ0v) is 14.2. The van der Waals surface area contributed by atoms with Gasteiger partial charge in [0.25, 0.3) is 0 Å². The molecule has 2 atom stereocenters. The number of hydrogen-bond acceptors (Lipinski definition) is 8. The molecule has 124 valence electrons. The summed E-state index contributed by atoms with van der Waals surface area (Å²) in [5.74, 6) is 1.66. The van der Waals surface area contributed by atoms with Gasteiger partial charge in [-0.25, -0.2) is 19.9 Å². The van der Waals surface area contributed by atoms with Crippen molar-refractivity contribution >= 4 is 28.5 Å². The molecule has 0 aromatic carbocycles. The number of aromatic amines is 1. The average molecular weight is 343 g/mol. The number of hydrogen-bond donors (Lipinski definition) is 1. The van der Waals surface area contributed by atoms with Crippen LogP contribution in [0.2, 0.25) is 0 Å². The zero-order valence-electron chi connectivity index (χ0n) is 13.4. The first-order valence-electron chi connectivity index (χ1n) is 7.60. The molecular formula is C15H17N7OS. The van der Waals surface area contributed by atoms with Gasteiger partial charge in [0.15, 0.2) is 5.16 Å². The van der Waals surface area contributed by atoms with Crippen molar-refractivity contribution < 1.29 is 4.74 Å². The predicted octanol–water partition coefficient (Wildman–Crippen LogP) is 1.83. The van der Waals surface area contributed by atoms with Gasteiger partial charge < -0.3 is 9.64 Å². The van der Waals surface area contributed by atoms with E-state index in [1.54, 1.807) is 13.3 Å². The van der Waals surface area contributed by atoms with Crippen LogP contribution in [0.4, 0.5) is 5.82 Å². The highest BCUT2D eigenvalue weighted by molar-refractivity contribution is 7.98. The van der Waals surface area contributed by atoms with Gasteiger partial charge in [0.1, 0.15) is 18.0 Å². The van der Waals surface area contributed by atoms with Gasteiger partial charge in [0.2, 0.25) is 0 Å². The second kappa shape index (κ2) is 6.33. The molecule has 1 saturated heterocycles. The van der Waals surface area contributed by atoms with E-state index in [0.717, 1.165) is 40.7 Å². The van der Waals surface area contributed by atoms with Gasteiger partial charge in [-0.15, -0.1) is 0 Å². The maximum Gasteiger partial charge on any atom is 0.187 e. The Morgan fingerprint density at radius 2 is 2.25 bits per heavy atom. The summed E-state index contributed by atoms with van der Waals surface area (Å²) < 4.78 is 5.57. The van der Waals surface area contributed by atoms with Crippen molar-refractivity contribution in [3.05, 3.63) is 30.6 Å². The topological polar surface area (TPSA) is 92.7 Å². The highest BCUT2D eigenvalue weighted by atomic mass is 32.2. The van der Waals surface area contributed by atoms with Crippen LogP contribution in [-0.2, 0) is 4.74 Å². The highest BCUT2D eigenvalue weighted by Crippen LogP contribution is 2.37. The molecule has 3 aromatic heterocycles. The summed E-state index contributed by atoms with van der Waals surface area (Å²) in [5.41, 5.74) is 0.886. The van der Waals surface area contributed by atoms with E-state index in [1.807, 2.05) is 18.5 Å². The lowest BCUT2D eigenvalue weighted by Gasteiger charge is -2.24. The standard InChI is InChI=1S/C15H17N7OS/c1-23-9-5-12(13-18-8-19-21-13)22(7-9)14-10-6-17-15(24-2)20-11(10)3-4-16-14/h3-4,6,8-9,12H,5,7H2,1-2H3,(H,18,19,21)/t9-,12+/m1/s1. The lowest BCUT2D eigenvalue weighted by Crippen LogP contribution is -2.26. The van der Waals surface area contributed by atoms with Crippen LogP contribution in [-0.4, -0.2) is 56.1 Å². The van der Waals surface area contributed by atoms with Crippen LogP contribution in [0.3, 0.4) is 0 Å². The summed E-state index contributed by atoms with van der Waals surface area (Å²) in [7, 11) is 1.73. The molecule has 4 rings (SSSR count). The average Bonchev–Trinajstić information content (AvgIpc) is 3.29. The minimum atomic E-state index is 0.0378. The van der Waals surface area contributed by atoms with E-state index in [4.69, 9.17) is 4.74 Å². The van der Waals surface area contributed by atoms with E-state index in [9.17, 15) is 0 Å². The molecule has 1 aliphatic heterocycles. The fraction of sp³-hybridized carbons (Fsp3) is 0.400. The molecule has 0 unspecified atom stereocenters. The van der Waals surface area contributed by atoms with E-state index in [0.29, 0.717) is 0 Å². The molecule has 0 spiro atoms. The van der Waals surface area contributed by atoms with Crippen LogP contribution in [0.15, 0.2) is 29.9 Å². The molecule has 0 radical (unpaired) electrons. The smallest absolute Gasteiger partial charge is 0.187 e. The maximum absolute atomic E-state index is 5.57. The molecule has 0 bridgehead atoms. The van der Waals surface area contributed by atoms with Crippen molar-refractivity contribution in [1.82, 2.24) is 30.1 Å². The number of nitrogens with one attached hydrogen (secondary N) is 1. The Kier molecular flexibility index (Phi) is 4.03. The van der Waals surface area contributed by atoms with E-state index in [-0.39, 0.29) is 12.1 Å². The van der Waals surface area contributed by atoms with Gasteiger partial charge in [0, 0.05) is 32.5 Å². The van der Waals surface area contributed by atoms with Crippen LogP contribution in [0, 0.1) is 0 Å². The number of H-pyrrole nitrogens is 1. The van der Waals surface area contributed by atoms with Crippen molar-refractivity contribution in [2.24, 2.45) is 0 Å². The zero-order chi connectivity index (χ0) is 16.5. The fourth-order valence-electron chi connectivity index (χ4n) is 3.09. The van der Waals surface area contributed by atoms with Crippen LogP contribution < -0.4 is 4.90 Å². The molecule has 24 heavy (non-hydrogen) atoms. The van der Waals surface area contributed by atoms with Crippen LogP contribution in [0.1, 0.15) is 18.3 Å². The Morgan fingerprint density at radius 1 is 1.33 bits per heavy atom. The molecule has 1 fully saturated rings. The Balaban J connectivity index is 1.80. The summed E-state index contributed by atoms with van der Waals surface area (Å²) >= 11 is 1.52. The van der Waals surface area contributed by atoms with Crippen LogP contribution in [0.25, 0.3) is 10.9 Å². The first kappa shape index (κ1) is 15.3. The largest absolute Gasteiger partial charge is 0.380 e. The number of anilines is 1. The number of fused-ring (bicyclic) bond motifs is 1. The van der Waals surface area contributed by atoms with Crippen molar-refractivity contribution in [1.29, 1.82) is 0 Å². The van der Waals surface area contributed by atoms with E-state index < -0.39 is 0 Å². The van der Waals surface area contributed by atoms with Gasteiger partial charge in [-0.05, 0) is 12.3 Å². The first-order chi connectivity index (χ1) is 11.8. The van der Waals surface area contributed by atoms with Crippen molar-refractivity contribution in [3.8, 4) is 0 Å². The lowest BCUT2D eigenvalue weighted by molar-refractivity contribution is 0.118. The number of pyridine rings is 1. The third-order valence-corrected chi connectivity index (χ3v) is 4.83. The van der Waals surface area contributed by atoms with Crippen molar-refractivity contribution in [2.45, 2.75) is 23.7 Å². The highest BCUT2D eigenvalue weighted by Gasteiger charge is 2.36. The van der Waals surface area contributed by atoms with Crippen LogP contribution >= 0.6 is 11.8 Å². The van der Waals surface area contributed by atoms with E-state index in [1.165, 1.54) is 18.1 Å². The van der Waals surface area contributed by atoms with Crippen molar-refractivity contribution in [2.75, 3.05) is 24.8 Å². The normalized spacial score (nSPS) is 20.8. The third kappa shape index (κ3) is 2.59. The number of rotatable bonds is 4. The first-order valence-corrected chi connectivity index (χ1v) is 8.83. The van der Waals surface area contributed by atoms with E-state index in [2.05, 4.69) is 35.0 Å². The number of aromatic nitrogens is 6. The molecule has 1 N–H and O–H groups in total. The Morgan fingerprint density at radius 3 is 3.00 bits per heavy atom. The minimum Gasteiger partial charge on any atom is -0.380 e. The lowest BCUT2D eigenvalue weighted by atomic mass is 10.2. The second-order valence-electron chi connectivity index (χ2n) is 5.56. The molecule has 4 heterocycles. The van der Waals surface area contributed by atoms with E-state index >= 15 is 0 Å². The Bertz CT molecular complexity index is 841. The summed E-state index contributed by atoms with van der Waals surface area (Å²) in [4.78, 5) is 20.1. The van der Waals surface area contributed by atoms with Gasteiger partial charge in [-0.2, -0.15) is 5.10 Å². The van der Waals surface area contributed by atoms with Crippen LogP contribution in [0.5, 0.6) is 0 Å². The van der Waals surface area contributed by atoms with Gasteiger partial charge in [-0.3, -0.25) is 5.10 Å².